The summed E-state index contributed by atoms with van der Waals surface area (Å²) in [5.74, 6) is 0.956. The Labute approximate surface area is 154 Å². The van der Waals surface area contributed by atoms with E-state index in [1.54, 1.807) is 24.3 Å². The van der Waals surface area contributed by atoms with Gasteiger partial charge in [0.25, 0.3) is 0 Å². The van der Waals surface area contributed by atoms with Crippen LogP contribution in [0.3, 0.4) is 0 Å². The number of carbonyl (C=O) groups is 1. The normalized spacial score (nSPS) is 11.7. The van der Waals surface area contributed by atoms with Gasteiger partial charge >= 0.3 is 6.03 Å². The van der Waals surface area contributed by atoms with Crippen LogP contribution >= 0.6 is 0 Å². The summed E-state index contributed by atoms with van der Waals surface area (Å²) in [5, 5.41) is 6.09. The van der Waals surface area contributed by atoms with Gasteiger partial charge in [0.05, 0.1) is 12.3 Å². The quantitative estimate of drug-likeness (QED) is 0.756. The van der Waals surface area contributed by atoms with Crippen molar-refractivity contribution in [2.45, 2.75) is 33.2 Å². The molecule has 1 aromatic carbocycles. The number of methoxy groups -OCH3 is 1. The van der Waals surface area contributed by atoms with E-state index in [2.05, 4.69) is 20.6 Å². The van der Waals surface area contributed by atoms with Gasteiger partial charge in [-0.1, -0.05) is 24.6 Å². The Morgan fingerprint density at radius 3 is 2.65 bits per heavy atom. The number of hydrogen-bond donors (Lipinski definition) is 2. The molecule has 0 fully saturated rings. The predicted octanol–water partition coefficient (Wildman–Crippen LogP) is 3.49. The first-order valence-electron chi connectivity index (χ1n) is 8.78. The SMILES string of the molecule is CCCNC(=O)N(c1ccc(C)cc1)c1ccnc(N[C@@H](C)COC)n1. The van der Waals surface area contributed by atoms with Gasteiger partial charge in [-0.3, -0.25) is 0 Å². The number of benzene rings is 1. The second kappa shape index (κ2) is 9.72. The highest BCUT2D eigenvalue weighted by molar-refractivity contribution is 5.98. The molecule has 0 bridgehead atoms. The minimum absolute atomic E-state index is 0.0528. The van der Waals surface area contributed by atoms with Crippen LogP contribution in [0.4, 0.5) is 22.2 Å². The molecular formula is C19H27N5O2. The Kier molecular flexibility index (Phi) is 7.35. The Bertz CT molecular complexity index is 705. The van der Waals surface area contributed by atoms with Crippen LogP contribution < -0.4 is 15.5 Å². The molecule has 7 nitrogen and oxygen atoms in total. The minimum Gasteiger partial charge on any atom is -0.383 e. The maximum absolute atomic E-state index is 12.7. The summed E-state index contributed by atoms with van der Waals surface area (Å²) >= 11 is 0. The van der Waals surface area contributed by atoms with Crippen LogP contribution in [0, 0.1) is 6.92 Å². The standard InChI is InChI=1S/C19H27N5O2/c1-5-11-21-19(25)24(16-8-6-14(2)7-9-16)17-10-12-20-18(23-17)22-15(3)13-26-4/h6-10,12,15H,5,11,13H2,1-4H3,(H,21,25)(H,20,22,23)/t15-/m0/s1. The summed E-state index contributed by atoms with van der Waals surface area (Å²) in [4.78, 5) is 23.0. The molecule has 2 aromatic rings. The van der Waals surface area contributed by atoms with Crippen molar-refractivity contribution >= 4 is 23.5 Å². The van der Waals surface area contributed by atoms with Crippen LogP contribution in [0.2, 0.25) is 0 Å². The molecule has 2 N–H and O–H groups in total. The first-order chi connectivity index (χ1) is 12.5. The van der Waals surface area contributed by atoms with E-state index in [4.69, 9.17) is 4.74 Å². The number of amides is 2. The number of anilines is 3. The number of aryl methyl sites for hydroxylation is 1. The highest BCUT2D eigenvalue weighted by Gasteiger charge is 2.19. The molecule has 0 saturated heterocycles. The van der Waals surface area contributed by atoms with E-state index in [1.807, 2.05) is 45.0 Å². The first-order valence-corrected chi connectivity index (χ1v) is 8.78. The van der Waals surface area contributed by atoms with Crippen molar-refractivity contribution in [2.24, 2.45) is 0 Å². The Hall–Kier alpha value is -2.67. The predicted molar refractivity (Wildman–Crippen MR) is 104 cm³/mol. The number of rotatable bonds is 8. The first kappa shape index (κ1) is 19.7. The smallest absolute Gasteiger partial charge is 0.327 e. The van der Waals surface area contributed by atoms with Crippen LogP contribution in [0.1, 0.15) is 25.8 Å². The number of hydrogen-bond acceptors (Lipinski definition) is 5. The Morgan fingerprint density at radius 2 is 2.00 bits per heavy atom. The van der Waals surface area contributed by atoms with Crippen molar-refractivity contribution in [3.8, 4) is 0 Å². The summed E-state index contributed by atoms with van der Waals surface area (Å²) in [7, 11) is 1.65. The molecule has 0 aliphatic carbocycles. The third-order valence-electron chi connectivity index (χ3n) is 3.68. The molecule has 0 spiro atoms. The number of urea groups is 1. The lowest BCUT2D eigenvalue weighted by Gasteiger charge is -2.23. The van der Waals surface area contributed by atoms with Crippen molar-refractivity contribution in [3.05, 3.63) is 42.1 Å². The number of carbonyl (C=O) groups excluding carboxylic acids is 1. The van der Waals surface area contributed by atoms with Gasteiger partial charge < -0.3 is 15.4 Å². The Morgan fingerprint density at radius 1 is 1.27 bits per heavy atom. The topological polar surface area (TPSA) is 79.4 Å². The fourth-order valence-electron chi connectivity index (χ4n) is 2.41. The van der Waals surface area contributed by atoms with Crippen molar-refractivity contribution in [1.29, 1.82) is 0 Å². The highest BCUT2D eigenvalue weighted by atomic mass is 16.5. The van der Waals surface area contributed by atoms with E-state index in [0.717, 1.165) is 17.7 Å². The van der Waals surface area contributed by atoms with Gasteiger partial charge in [0.2, 0.25) is 5.95 Å². The molecular weight excluding hydrogens is 330 g/mol. The molecule has 1 heterocycles. The van der Waals surface area contributed by atoms with Gasteiger partial charge in [0.1, 0.15) is 5.82 Å². The molecule has 2 amide bonds. The van der Waals surface area contributed by atoms with Gasteiger partial charge in [0, 0.05) is 32.0 Å². The molecule has 0 saturated carbocycles. The van der Waals surface area contributed by atoms with E-state index in [1.165, 1.54) is 0 Å². The van der Waals surface area contributed by atoms with Crippen molar-refractivity contribution in [2.75, 3.05) is 30.5 Å². The summed E-state index contributed by atoms with van der Waals surface area (Å²) in [6, 6.07) is 9.31. The van der Waals surface area contributed by atoms with E-state index in [9.17, 15) is 4.79 Å². The average Bonchev–Trinajstić information content (AvgIpc) is 2.62. The molecule has 0 unspecified atom stereocenters. The summed E-state index contributed by atoms with van der Waals surface area (Å²) in [6.07, 6.45) is 2.50. The van der Waals surface area contributed by atoms with Crippen LogP contribution in [-0.4, -0.2) is 42.3 Å². The highest BCUT2D eigenvalue weighted by Crippen LogP contribution is 2.24. The van der Waals surface area contributed by atoms with E-state index < -0.39 is 0 Å². The second-order valence-electron chi connectivity index (χ2n) is 6.14. The molecule has 7 heteroatoms. The second-order valence-corrected chi connectivity index (χ2v) is 6.14. The average molecular weight is 357 g/mol. The van der Waals surface area contributed by atoms with Crippen molar-refractivity contribution in [3.63, 3.8) is 0 Å². The number of aromatic nitrogens is 2. The molecule has 1 atom stereocenters. The number of nitrogens with zero attached hydrogens (tertiary/aromatic N) is 3. The van der Waals surface area contributed by atoms with Gasteiger partial charge in [-0.05, 0) is 32.4 Å². The molecule has 140 valence electrons. The fourth-order valence-corrected chi connectivity index (χ4v) is 2.41. The van der Waals surface area contributed by atoms with Gasteiger partial charge in [0.15, 0.2) is 0 Å². The zero-order chi connectivity index (χ0) is 18.9. The van der Waals surface area contributed by atoms with Gasteiger partial charge in [-0.25, -0.2) is 14.7 Å². The zero-order valence-electron chi connectivity index (χ0n) is 15.8. The Balaban J connectivity index is 2.32. The molecule has 0 aliphatic rings. The van der Waals surface area contributed by atoms with Crippen LogP contribution in [0.25, 0.3) is 0 Å². The zero-order valence-corrected chi connectivity index (χ0v) is 15.8. The monoisotopic (exact) mass is 357 g/mol. The number of nitrogens with one attached hydrogen (secondary N) is 2. The van der Waals surface area contributed by atoms with Crippen LogP contribution in [0.15, 0.2) is 36.5 Å². The fraction of sp³-hybridized carbons (Fsp3) is 0.421. The maximum atomic E-state index is 12.7. The molecule has 2 rings (SSSR count). The molecule has 1 aromatic heterocycles. The molecule has 0 aliphatic heterocycles. The third-order valence-corrected chi connectivity index (χ3v) is 3.68. The third kappa shape index (κ3) is 5.42. The maximum Gasteiger partial charge on any atom is 0.327 e. The lowest BCUT2D eigenvalue weighted by atomic mass is 10.2. The summed E-state index contributed by atoms with van der Waals surface area (Å²) < 4.78 is 5.12. The lowest BCUT2D eigenvalue weighted by molar-refractivity contribution is 0.190. The largest absolute Gasteiger partial charge is 0.383 e. The van der Waals surface area contributed by atoms with Gasteiger partial charge in [-0.2, -0.15) is 4.98 Å². The van der Waals surface area contributed by atoms with Crippen LogP contribution in [0.5, 0.6) is 0 Å². The molecule has 0 radical (unpaired) electrons. The van der Waals surface area contributed by atoms with E-state index >= 15 is 0 Å². The lowest BCUT2D eigenvalue weighted by Crippen LogP contribution is -2.37. The van der Waals surface area contributed by atoms with Gasteiger partial charge in [-0.15, -0.1) is 0 Å². The summed E-state index contributed by atoms with van der Waals surface area (Å²) in [5.41, 5.74) is 1.87. The molecule has 26 heavy (non-hydrogen) atoms. The number of ether oxygens (including phenoxy) is 1. The van der Waals surface area contributed by atoms with Crippen molar-refractivity contribution < 1.29 is 9.53 Å². The van der Waals surface area contributed by atoms with Crippen LogP contribution in [-0.2, 0) is 4.74 Å². The minimum atomic E-state index is -0.217. The van der Waals surface area contributed by atoms with E-state index in [0.29, 0.717) is 24.9 Å². The van der Waals surface area contributed by atoms with Crippen molar-refractivity contribution in [1.82, 2.24) is 15.3 Å². The summed E-state index contributed by atoms with van der Waals surface area (Å²) in [6.45, 7) is 7.13. The van der Waals surface area contributed by atoms with E-state index in [-0.39, 0.29) is 12.1 Å².